The summed E-state index contributed by atoms with van der Waals surface area (Å²) in [5.41, 5.74) is 0.820. The molecule has 1 aromatic heterocycles. The van der Waals surface area contributed by atoms with Gasteiger partial charge in [0.2, 0.25) is 0 Å². The lowest BCUT2D eigenvalue weighted by Gasteiger charge is -2.17. The molecule has 0 aliphatic heterocycles. The number of hydrogen-bond donors (Lipinski definition) is 0. The van der Waals surface area contributed by atoms with E-state index >= 15 is 0 Å². The first-order valence-corrected chi connectivity index (χ1v) is 5.97. The van der Waals surface area contributed by atoms with E-state index < -0.39 is 0 Å². The number of benzene rings is 2. The van der Waals surface area contributed by atoms with Gasteiger partial charge in [0, 0.05) is 16.5 Å². The number of para-hydroxylation sites is 2. The fourth-order valence-corrected chi connectivity index (χ4v) is 2.19. The van der Waals surface area contributed by atoms with Crippen molar-refractivity contribution in [3.63, 3.8) is 0 Å². The molecule has 0 N–H and O–H groups in total. The standard InChI is InChI=1S/C15H9N3O2/c16-10-14-15(11-6-2-1-3-7-11)18(20)13-9-5-4-8-12(13)17(14)19/h1-9H. The number of aromatic nitrogens is 2. The van der Waals surface area contributed by atoms with Gasteiger partial charge in [0.15, 0.2) is 6.07 Å². The van der Waals surface area contributed by atoms with Crippen molar-refractivity contribution in [2.75, 3.05) is 0 Å². The van der Waals surface area contributed by atoms with Gasteiger partial charge in [-0.2, -0.15) is 5.26 Å². The largest absolute Gasteiger partial charge is 0.805 e. The molecule has 5 nitrogen and oxygen atoms in total. The summed E-state index contributed by atoms with van der Waals surface area (Å²) in [5, 5.41) is 21.7. The molecule has 0 radical (unpaired) electrons. The summed E-state index contributed by atoms with van der Waals surface area (Å²) < 4.78 is 1.14. The van der Waals surface area contributed by atoms with E-state index in [1.165, 1.54) is 6.07 Å². The van der Waals surface area contributed by atoms with Gasteiger partial charge >= 0.3 is 5.69 Å². The summed E-state index contributed by atoms with van der Waals surface area (Å²) in [6.07, 6.45) is 0. The second-order valence-electron chi connectivity index (χ2n) is 4.25. The van der Waals surface area contributed by atoms with Gasteiger partial charge in [-0.1, -0.05) is 42.5 Å². The number of hydrogen-bond acceptors (Lipinski definition) is 3. The first-order valence-electron chi connectivity index (χ1n) is 5.97. The topological polar surface area (TPSA) is 74.8 Å². The molecule has 0 bridgehead atoms. The fraction of sp³-hybridized carbons (Fsp3) is 0. The van der Waals surface area contributed by atoms with Crippen molar-refractivity contribution in [1.29, 1.82) is 5.26 Å². The maximum Gasteiger partial charge on any atom is 0.363 e. The third-order valence-electron chi connectivity index (χ3n) is 3.10. The third-order valence-corrected chi connectivity index (χ3v) is 3.10. The normalized spacial score (nSPS) is 10.3. The van der Waals surface area contributed by atoms with E-state index in [0.29, 0.717) is 14.7 Å². The predicted molar refractivity (Wildman–Crippen MR) is 74.2 cm³/mol. The van der Waals surface area contributed by atoms with Gasteiger partial charge in [-0.05, 0) is 6.07 Å². The first-order chi connectivity index (χ1) is 9.74. The van der Waals surface area contributed by atoms with Gasteiger partial charge < -0.3 is 9.94 Å². The molecule has 3 aromatic rings. The van der Waals surface area contributed by atoms with Crippen LogP contribution in [0.15, 0.2) is 54.6 Å². The van der Waals surface area contributed by atoms with E-state index in [2.05, 4.69) is 0 Å². The SMILES string of the molecule is N#Cc1c(-c2ccccc2)n([O-])c2ccccc2[n+]1=O. The second-order valence-corrected chi connectivity index (χ2v) is 4.25. The van der Waals surface area contributed by atoms with Crippen LogP contribution in [0, 0.1) is 21.4 Å². The predicted octanol–water partition coefficient (Wildman–Crippen LogP) is 2.44. The monoisotopic (exact) mass is 263 g/mol. The number of nitrogens with zero attached hydrogens (tertiary/aromatic N) is 3. The number of nitriles is 1. The molecule has 0 unspecified atom stereocenters. The molecular formula is C15H9N3O2. The molecule has 0 aliphatic carbocycles. The number of rotatable bonds is 1. The van der Waals surface area contributed by atoms with Gasteiger partial charge in [-0.15, -0.1) is 0 Å². The molecule has 1 heterocycles. The molecule has 0 saturated heterocycles. The lowest BCUT2D eigenvalue weighted by molar-refractivity contribution is -0.467. The maximum absolute atomic E-state index is 12.5. The molecule has 0 atom stereocenters. The van der Waals surface area contributed by atoms with Crippen molar-refractivity contribution < 1.29 is 4.43 Å². The molecule has 20 heavy (non-hydrogen) atoms. The Bertz CT molecular complexity index is 893. The van der Waals surface area contributed by atoms with Gasteiger partial charge in [0.1, 0.15) is 11.2 Å². The molecule has 2 aromatic carbocycles. The van der Waals surface area contributed by atoms with Crippen LogP contribution >= 0.6 is 0 Å². The summed E-state index contributed by atoms with van der Waals surface area (Å²) in [5.74, 6) is 0. The zero-order valence-corrected chi connectivity index (χ0v) is 10.4. The minimum Gasteiger partial charge on any atom is -0.805 e. The van der Waals surface area contributed by atoms with E-state index in [4.69, 9.17) is 0 Å². The average molecular weight is 263 g/mol. The smallest absolute Gasteiger partial charge is 0.363 e. The van der Waals surface area contributed by atoms with E-state index in [1.54, 1.807) is 48.5 Å². The highest BCUT2D eigenvalue weighted by Gasteiger charge is 2.22. The highest BCUT2D eigenvalue weighted by Crippen LogP contribution is 2.24. The average Bonchev–Trinajstić information content (AvgIpc) is 2.51. The van der Waals surface area contributed by atoms with Crippen molar-refractivity contribution in [3.05, 3.63) is 70.4 Å². The Balaban J connectivity index is 2.53. The molecular weight excluding hydrogens is 254 g/mol. The van der Waals surface area contributed by atoms with Gasteiger partial charge in [0.25, 0.3) is 5.52 Å². The Labute approximate surface area is 114 Å². The van der Waals surface area contributed by atoms with E-state index in [1.807, 2.05) is 6.07 Å². The Morgan fingerprint density at radius 3 is 2.40 bits per heavy atom. The number of fused-ring (bicyclic) bond motifs is 1. The molecule has 0 spiro atoms. The highest BCUT2D eigenvalue weighted by molar-refractivity contribution is 5.77. The Morgan fingerprint density at radius 1 is 1.05 bits per heavy atom. The van der Waals surface area contributed by atoms with Crippen molar-refractivity contribution >= 4 is 11.0 Å². The van der Waals surface area contributed by atoms with Gasteiger partial charge in [0.05, 0.1) is 4.43 Å². The van der Waals surface area contributed by atoms with Crippen LogP contribution in [0.25, 0.3) is 22.3 Å². The van der Waals surface area contributed by atoms with E-state index in [-0.39, 0.29) is 22.4 Å². The Hall–Kier alpha value is -3.13. The summed E-state index contributed by atoms with van der Waals surface area (Å²) in [6.45, 7) is 0. The Kier molecular flexibility index (Phi) is 2.70. The van der Waals surface area contributed by atoms with Gasteiger partial charge in [-0.25, -0.2) is 0 Å². The van der Waals surface area contributed by atoms with Crippen LogP contribution in [0.4, 0.5) is 0 Å². The van der Waals surface area contributed by atoms with Crippen LogP contribution in [0.3, 0.4) is 0 Å². The molecule has 5 heteroatoms. The third kappa shape index (κ3) is 1.63. The van der Waals surface area contributed by atoms with Crippen molar-refractivity contribution in [1.82, 2.24) is 4.73 Å². The molecule has 0 aliphatic rings. The van der Waals surface area contributed by atoms with Crippen LogP contribution in [0.1, 0.15) is 5.69 Å². The summed E-state index contributed by atoms with van der Waals surface area (Å²) in [6, 6.07) is 16.9. The molecule has 3 rings (SSSR count). The molecule has 0 amide bonds. The van der Waals surface area contributed by atoms with Crippen LogP contribution in [-0.2, 0) is 0 Å². The second kappa shape index (κ2) is 4.52. The molecule has 0 saturated carbocycles. The summed E-state index contributed by atoms with van der Waals surface area (Å²) in [4.78, 5) is 12.2. The molecule has 96 valence electrons. The molecule has 0 fully saturated rings. The van der Waals surface area contributed by atoms with Crippen LogP contribution in [0.2, 0.25) is 0 Å². The Morgan fingerprint density at radius 2 is 1.70 bits per heavy atom. The minimum absolute atomic E-state index is 0.0711. The van der Waals surface area contributed by atoms with Crippen molar-refractivity contribution in [2.24, 2.45) is 0 Å². The highest BCUT2D eigenvalue weighted by atomic mass is 16.5. The zero-order valence-electron chi connectivity index (χ0n) is 10.4. The maximum atomic E-state index is 12.5. The van der Waals surface area contributed by atoms with Crippen molar-refractivity contribution in [3.8, 4) is 17.3 Å². The van der Waals surface area contributed by atoms with E-state index in [0.717, 1.165) is 0 Å². The summed E-state index contributed by atoms with van der Waals surface area (Å²) >= 11 is 0. The van der Waals surface area contributed by atoms with Crippen molar-refractivity contribution in [2.45, 2.75) is 0 Å². The fourth-order valence-electron chi connectivity index (χ4n) is 2.19. The quantitative estimate of drug-likeness (QED) is 0.633. The van der Waals surface area contributed by atoms with Crippen LogP contribution < -0.4 is 4.43 Å². The van der Waals surface area contributed by atoms with Gasteiger partial charge in [-0.3, -0.25) is 0 Å². The lowest BCUT2D eigenvalue weighted by atomic mass is 10.1. The first kappa shape index (κ1) is 11.9. The van der Waals surface area contributed by atoms with Crippen LogP contribution in [0.5, 0.6) is 0 Å². The van der Waals surface area contributed by atoms with Crippen LogP contribution in [-0.4, -0.2) is 4.73 Å². The lowest BCUT2D eigenvalue weighted by Crippen LogP contribution is -2.24. The van der Waals surface area contributed by atoms with E-state index in [9.17, 15) is 15.4 Å². The zero-order chi connectivity index (χ0) is 14.1. The minimum atomic E-state index is -0.204. The summed E-state index contributed by atoms with van der Waals surface area (Å²) in [7, 11) is 0.